The molecule has 2 aliphatic rings. The highest BCUT2D eigenvalue weighted by Gasteiger charge is 2.57. The molecule has 1 saturated carbocycles. The van der Waals surface area contributed by atoms with Crippen molar-refractivity contribution in [2.24, 2.45) is 11.8 Å². The van der Waals surface area contributed by atoms with Gasteiger partial charge in [0.2, 0.25) is 0 Å². The molecule has 2 unspecified atom stereocenters. The van der Waals surface area contributed by atoms with Crippen molar-refractivity contribution in [1.29, 1.82) is 5.26 Å². The van der Waals surface area contributed by atoms with Crippen molar-refractivity contribution in [3.63, 3.8) is 0 Å². The van der Waals surface area contributed by atoms with Crippen LogP contribution >= 0.6 is 0 Å². The Labute approximate surface area is 113 Å². The van der Waals surface area contributed by atoms with Gasteiger partial charge in [-0.15, -0.1) is 0 Å². The minimum Gasteiger partial charge on any atom is -0.323 e. The number of nitrogens with one attached hydrogen (secondary N) is 1. The number of rotatable bonds is 3. The third-order valence-corrected chi connectivity index (χ3v) is 4.66. The first-order valence-electron chi connectivity index (χ1n) is 7.05. The van der Waals surface area contributed by atoms with Gasteiger partial charge in [0.15, 0.2) is 0 Å². The Bertz CT molecular complexity index is 417. The summed E-state index contributed by atoms with van der Waals surface area (Å²) in [5.41, 5.74) is -0.706. The van der Waals surface area contributed by atoms with E-state index >= 15 is 0 Å². The van der Waals surface area contributed by atoms with Crippen molar-refractivity contribution >= 4 is 11.9 Å². The fourth-order valence-electron chi connectivity index (χ4n) is 3.47. The van der Waals surface area contributed by atoms with Crippen LogP contribution in [0.5, 0.6) is 0 Å². The first-order valence-corrected chi connectivity index (χ1v) is 7.05. The predicted octanol–water partition coefficient (Wildman–Crippen LogP) is 2.04. The van der Waals surface area contributed by atoms with Gasteiger partial charge in [-0.3, -0.25) is 9.69 Å². The average Bonchev–Trinajstić information content (AvgIpc) is 2.62. The average molecular weight is 263 g/mol. The summed E-state index contributed by atoms with van der Waals surface area (Å²) < 4.78 is 0. The minimum absolute atomic E-state index is 0.0878. The van der Waals surface area contributed by atoms with Gasteiger partial charge in [-0.05, 0) is 31.1 Å². The number of imide groups is 1. The number of hydrogen-bond donors (Lipinski definition) is 1. The third kappa shape index (κ3) is 2.09. The third-order valence-electron chi connectivity index (χ3n) is 4.66. The van der Waals surface area contributed by atoms with Crippen molar-refractivity contribution in [2.75, 3.05) is 6.54 Å². The predicted molar refractivity (Wildman–Crippen MR) is 70.0 cm³/mol. The zero-order valence-electron chi connectivity index (χ0n) is 11.6. The summed E-state index contributed by atoms with van der Waals surface area (Å²) in [6.45, 7) is 4.44. The second-order valence-corrected chi connectivity index (χ2v) is 5.75. The zero-order valence-corrected chi connectivity index (χ0v) is 11.6. The Balaban J connectivity index is 2.18. The molecule has 5 heteroatoms. The van der Waals surface area contributed by atoms with Gasteiger partial charge in [-0.2, -0.15) is 5.26 Å². The van der Waals surface area contributed by atoms with Gasteiger partial charge in [-0.1, -0.05) is 20.3 Å². The van der Waals surface area contributed by atoms with E-state index in [-0.39, 0.29) is 23.8 Å². The molecule has 0 bridgehead atoms. The Morgan fingerprint density at radius 2 is 2.00 bits per heavy atom. The molecule has 0 radical (unpaired) electrons. The topological polar surface area (TPSA) is 73.2 Å². The Morgan fingerprint density at radius 3 is 2.58 bits per heavy atom. The number of amides is 3. The molecular formula is C14H21N3O2. The second-order valence-electron chi connectivity index (χ2n) is 5.75. The lowest BCUT2D eigenvalue weighted by Crippen LogP contribution is -2.58. The molecule has 1 aliphatic heterocycles. The highest BCUT2D eigenvalue weighted by Crippen LogP contribution is 2.42. The maximum atomic E-state index is 12.7. The van der Waals surface area contributed by atoms with Gasteiger partial charge in [0.1, 0.15) is 5.54 Å². The Kier molecular flexibility index (Phi) is 3.79. The summed E-state index contributed by atoms with van der Waals surface area (Å²) in [7, 11) is 0. The number of carbonyl (C=O) groups is 2. The number of nitriles is 1. The molecule has 3 amide bonds. The van der Waals surface area contributed by atoms with Crippen molar-refractivity contribution < 1.29 is 9.59 Å². The van der Waals surface area contributed by atoms with Crippen LogP contribution in [0.25, 0.3) is 0 Å². The van der Waals surface area contributed by atoms with E-state index in [4.69, 9.17) is 5.26 Å². The molecule has 5 nitrogen and oxygen atoms in total. The van der Waals surface area contributed by atoms with Crippen LogP contribution in [0.15, 0.2) is 0 Å². The standard InChI is InChI=1S/C14H21N3O2/c1-10-6-5-7-11(2)14(10)12(18)17(13(19)16-14)9-4-3-8-15/h10-11H,3-7,9H2,1-2H3,(H,16,19). The molecule has 2 fully saturated rings. The summed E-state index contributed by atoms with van der Waals surface area (Å²) >= 11 is 0. The smallest absolute Gasteiger partial charge is 0.323 e. The molecular weight excluding hydrogens is 242 g/mol. The van der Waals surface area contributed by atoms with Crippen LogP contribution in [0.2, 0.25) is 0 Å². The van der Waals surface area contributed by atoms with Crippen LogP contribution in [0.1, 0.15) is 46.0 Å². The van der Waals surface area contributed by atoms with Crippen LogP contribution in [-0.4, -0.2) is 28.9 Å². The summed E-state index contributed by atoms with van der Waals surface area (Å²) in [5.74, 6) is 0.262. The summed E-state index contributed by atoms with van der Waals surface area (Å²) in [5, 5.41) is 11.5. The molecule has 19 heavy (non-hydrogen) atoms. The highest BCUT2D eigenvalue weighted by molar-refractivity contribution is 6.07. The van der Waals surface area contributed by atoms with Crippen molar-refractivity contribution in [1.82, 2.24) is 10.2 Å². The molecule has 0 aromatic carbocycles. The molecule has 1 N–H and O–H groups in total. The lowest BCUT2D eigenvalue weighted by atomic mass is 9.67. The number of hydrogen-bond acceptors (Lipinski definition) is 3. The van der Waals surface area contributed by atoms with Crippen molar-refractivity contribution in [3.8, 4) is 6.07 Å². The quantitative estimate of drug-likeness (QED) is 0.625. The number of carbonyl (C=O) groups excluding carboxylic acids is 2. The van der Waals surface area contributed by atoms with Gasteiger partial charge in [0.25, 0.3) is 5.91 Å². The second kappa shape index (κ2) is 5.20. The number of unbranched alkanes of at least 4 members (excludes halogenated alkanes) is 1. The SMILES string of the molecule is CC1CCCC(C)C12NC(=O)N(CCCC#N)C2=O. The van der Waals surface area contributed by atoms with Gasteiger partial charge in [0.05, 0.1) is 6.07 Å². The lowest BCUT2D eigenvalue weighted by Gasteiger charge is -2.42. The van der Waals surface area contributed by atoms with Crippen molar-refractivity contribution in [2.45, 2.75) is 51.5 Å². The molecule has 1 heterocycles. The van der Waals surface area contributed by atoms with E-state index in [9.17, 15) is 9.59 Å². The van der Waals surface area contributed by atoms with Crippen LogP contribution in [-0.2, 0) is 4.79 Å². The molecule has 0 aromatic rings. The van der Waals surface area contributed by atoms with Crippen LogP contribution in [0.3, 0.4) is 0 Å². The van der Waals surface area contributed by atoms with Crippen LogP contribution in [0.4, 0.5) is 4.79 Å². The van der Waals surface area contributed by atoms with Gasteiger partial charge in [0, 0.05) is 13.0 Å². The normalized spacial score (nSPS) is 34.5. The maximum absolute atomic E-state index is 12.7. The largest absolute Gasteiger partial charge is 0.325 e. The van der Waals surface area contributed by atoms with Crippen LogP contribution < -0.4 is 5.32 Å². The number of urea groups is 1. The van der Waals surface area contributed by atoms with Crippen LogP contribution in [0, 0.1) is 23.2 Å². The van der Waals surface area contributed by atoms with E-state index in [0.29, 0.717) is 19.4 Å². The highest BCUT2D eigenvalue weighted by atomic mass is 16.2. The van der Waals surface area contributed by atoms with Gasteiger partial charge >= 0.3 is 6.03 Å². The summed E-state index contributed by atoms with van der Waals surface area (Å²) in [4.78, 5) is 26.0. The molecule has 104 valence electrons. The Hall–Kier alpha value is -1.57. The molecule has 2 atom stereocenters. The number of nitrogens with zero attached hydrogens (tertiary/aromatic N) is 2. The summed E-state index contributed by atoms with van der Waals surface area (Å²) in [6, 6.07) is 1.75. The van der Waals surface area contributed by atoms with E-state index < -0.39 is 5.54 Å². The van der Waals surface area contributed by atoms with E-state index in [2.05, 4.69) is 5.32 Å². The molecule has 1 saturated heterocycles. The first kappa shape index (κ1) is 13.9. The fourth-order valence-corrected chi connectivity index (χ4v) is 3.47. The van der Waals surface area contributed by atoms with E-state index in [1.54, 1.807) is 0 Å². The molecule has 0 aromatic heterocycles. The zero-order chi connectivity index (χ0) is 14.0. The van der Waals surface area contributed by atoms with Gasteiger partial charge < -0.3 is 5.32 Å². The van der Waals surface area contributed by atoms with E-state index in [1.807, 2.05) is 19.9 Å². The fraction of sp³-hybridized carbons (Fsp3) is 0.786. The molecule has 1 spiro atoms. The monoisotopic (exact) mass is 263 g/mol. The minimum atomic E-state index is -0.706. The van der Waals surface area contributed by atoms with E-state index in [0.717, 1.165) is 19.3 Å². The summed E-state index contributed by atoms with van der Waals surface area (Å²) in [6.07, 6.45) is 3.98. The van der Waals surface area contributed by atoms with Gasteiger partial charge in [-0.25, -0.2) is 4.79 Å². The molecule has 1 aliphatic carbocycles. The lowest BCUT2D eigenvalue weighted by molar-refractivity contribution is -0.136. The Morgan fingerprint density at radius 1 is 1.37 bits per heavy atom. The van der Waals surface area contributed by atoms with E-state index in [1.165, 1.54) is 4.90 Å². The maximum Gasteiger partial charge on any atom is 0.325 e. The molecule has 2 rings (SSSR count). The first-order chi connectivity index (χ1) is 9.04. The van der Waals surface area contributed by atoms with Crippen molar-refractivity contribution in [3.05, 3.63) is 0 Å².